The molecule has 0 heterocycles. The highest BCUT2D eigenvalue weighted by molar-refractivity contribution is 7.99. The van der Waals surface area contributed by atoms with Gasteiger partial charge in [-0.15, -0.1) is 11.8 Å². The van der Waals surface area contributed by atoms with Crippen LogP contribution in [0.25, 0.3) is 0 Å². The van der Waals surface area contributed by atoms with Crippen LogP contribution in [0.5, 0.6) is 0 Å². The van der Waals surface area contributed by atoms with E-state index in [2.05, 4.69) is 36.5 Å². The van der Waals surface area contributed by atoms with E-state index in [1.54, 1.807) is 11.8 Å². The topological polar surface area (TPSA) is 32.3 Å². The van der Waals surface area contributed by atoms with Crippen LogP contribution < -0.4 is 5.32 Å². The van der Waals surface area contributed by atoms with Crippen LogP contribution in [-0.2, 0) is 6.54 Å². The Balaban J connectivity index is 2.45. The van der Waals surface area contributed by atoms with E-state index in [-0.39, 0.29) is 0 Å². The fraction of sp³-hybridized carbons (Fsp3) is 0.538. The van der Waals surface area contributed by atoms with Gasteiger partial charge in [0.1, 0.15) is 0 Å². The molecule has 1 aromatic rings. The molecule has 0 aliphatic heterocycles. The second kappa shape index (κ2) is 6.28. The molecule has 1 aromatic carbocycles. The maximum Gasteiger partial charge on any atom is 0.0685 e. The van der Waals surface area contributed by atoms with Gasteiger partial charge < -0.3 is 10.4 Å². The Labute approximate surface area is 102 Å². The fourth-order valence-electron chi connectivity index (χ4n) is 1.23. The quantitative estimate of drug-likeness (QED) is 0.749. The minimum Gasteiger partial charge on any atom is -0.390 e. The van der Waals surface area contributed by atoms with Crippen molar-refractivity contribution in [1.82, 2.24) is 5.32 Å². The van der Waals surface area contributed by atoms with Gasteiger partial charge in [-0.3, -0.25) is 0 Å². The first-order chi connectivity index (χ1) is 7.51. The van der Waals surface area contributed by atoms with Crippen molar-refractivity contribution >= 4 is 11.8 Å². The van der Waals surface area contributed by atoms with Crippen molar-refractivity contribution < 1.29 is 5.11 Å². The lowest BCUT2D eigenvalue weighted by Crippen LogP contribution is -2.21. The van der Waals surface area contributed by atoms with E-state index in [0.29, 0.717) is 0 Å². The molecule has 0 saturated heterocycles. The predicted molar refractivity (Wildman–Crippen MR) is 70.8 cm³/mol. The van der Waals surface area contributed by atoms with E-state index in [1.807, 2.05) is 13.8 Å². The Morgan fingerprint density at radius 1 is 1.25 bits per heavy atom. The van der Waals surface area contributed by atoms with Crippen molar-refractivity contribution in [1.29, 1.82) is 0 Å². The zero-order valence-corrected chi connectivity index (χ0v) is 11.1. The summed E-state index contributed by atoms with van der Waals surface area (Å²) in [6.07, 6.45) is 0. The number of thioether (sulfide) groups is 1. The van der Waals surface area contributed by atoms with Crippen LogP contribution in [-0.4, -0.2) is 23.0 Å². The largest absolute Gasteiger partial charge is 0.390 e. The molecule has 0 unspecified atom stereocenters. The highest BCUT2D eigenvalue weighted by Crippen LogP contribution is 2.22. The first kappa shape index (κ1) is 13.6. The van der Waals surface area contributed by atoms with Crippen LogP contribution in [0.3, 0.4) is 0 Å². The summed E-state index contributed by atoms with van der Waals surface area (Å²) in [5, 5.41) is 12.9. The third-order valence-corrected chi connectivity index (χ3v) is 3.55. The Morgan fingerprint density at radius 2 is 1.88 bits per heavy atom. The maximum absolute atomic E-state index is 9.62. The molecule has 2 nitrogen and oxygen atoms in total. The average Bonchev–Trinajstić information content (AvgIpc) is 2.24. The zero-order valence-electron chi connectivity index (χ0n) is 10.3. The van der Waals surface area contributed by atoms with Gasteiger partial charge in [0.25, 0.3) is 0 Å². The number of nitrogens with one attached hydrogen (secondary N) is 1. The molecule has 0 amide bonds. The van der Waals surface area contributed by atoms with Gasteiger partial charge in [0.15, 0.2) is 0 Å². The monoisotopic (exact) mass is 239 g/mol. The van der Waals surface area contributed by atoms with Crippen LogP contribution in [0.4, 0.5) is 0 Å². The summed E-state index contributed by atoms with van der Waals surface area (Å²) in [4.78, 5) is 1.21. The van der Waals surface area contributed by atoms with Gasteiger partial charge in [-0.2, -0.15) is 0 Å². The summed E-state index contributed by atoms with van der Waals surface area (Å²) < 4.78 is 0. The molecular formula is C13H21NOS. The molecule has 2 N–H and O–H groups in total. The molecule has 0 aliphatic rings. The van der Waals surface area contributed by atoms with Crippen LogP contribution in [0, 0.1) is 0 Å². The third-order valence-electron chi connectivity index (χ3n) is 2.09. The number of hydrogen-bond acceptors (Lipinski definition) is 3. The Bertz CT molecular complexity index is 303. The lowest BCUT2D eigenvalue weighted by Gasteiger charge is -2.16. The van der Waals surface area contributed by atoms with Gasteiger partial charge in [0.05, 0.1) is 5.60 Å². The second-order valence-corrected chi connectivity index (χ2v) is 5.57. The molecule has 0 spiro atoms. The molecule has 0 fully saturated rings. The Kier molecular flexibility index (Phi) is 5.32. The summed E-state index contributed by atoms with van der Waals surface area (Å²) in [6, 6.07) is 8.50. The molecule has 0 atom stereocenters. The van der Waals surface area contributed by atoms with Crippen molar-refractivity contribution in [3.05, 3.63) is 29.8 Å². The minimum atomic E-state index is -0.604. The maximum atomic E-state index is 9.62. The van der Waals surface area contributed by atoms with Crippen LogP contribution in [0.1, 0.15) is 26.3 Å². The zero-order chi connectivity index (χ0) is 12.0. The SMILES string of the molecule is CCNCc1ccc(SCC(C)(C)O)cc1. The van der Waals surface area contributed by atoms with Crippen molar-refractivity contribution in [2.45, 2.75) is 37.8 Å². The molecule has 0 radical (unpaired) electrons. The van der Waals surface area contributed by atoms with Gasteiger partial charge in [-0.05, 0) is 38.1 Å². The van der Waals surface area contributed by atoms with Crippen LogP contribution in [0.2, 0.25) is 0 Å². The van der Waals surface area contributed by atoms with E-state index in [0.717, 1.165) is 18.8 Å². The number of aliphatic hydroxyl groups is 1. The lowest BCUT2D eigenvalue weighted by molar-refractivity contribution is 0.107. The van der Waals surface area contributed by atoms with Gasteiger partial charge in [0.2, 0.25) is 0 Å². The highest BCUT2D eigenvalue weighted by atomic mass is 32.2. The lowest BCUT2D eigenvalue weighted by atomic mass is 10.2. The predicted octanol–water partition coefficient (Wildman–Crippen LogP) is 2.66. The van der Waals surface area contributed by atoms with E-state index in [9.17, 15) is 5.11 Å². The van der Waals surface area contributed by atoms with E-state index < -0.39 is 5.60 Å². The van der Waals surface area contributed by atoms with Crippen molar-refractivity contribution in [2.24, 2.45) is 0 Å². The summed E-state index contributed by atoms with van der Waals surface area (Å²) >= 11 is 1.69. The van der Waals surface area contributed by atoms with Gasteiger partial charge in [0, 0.05) is 17.2 Å². The van der Waals surface area contributed by atoms with Crippen LogP contribution >= 0.6 is 11.8 Å². The van der Waals surface area contributed by atoms with E-state index >= 15 is 0 Å². The standard InChI is InChI=1S/C13H21NOS/c1-4-14-9-11-5-7-12(8-6-11)16-10-13(2,3)15/h5-8,14-15H,4,9-10H2,1-3H3. The molecule has 0 aromatic heterocycles. The summed E-state index contributed by atoms with van der Waals surface area (Å²) in [7, 11) is 0. The fourth-order valence-corrected chi connectivity index (χ4v) is 2.08. The number of rotatable bonds is 6. The van der Waals surface area contributed by atoms with Gasteiger partial charge in [-0.25, -0.2) is 0 Å². The molecule has 16 heavy (non-hydrogen) atoms. The smallest absolute Gasteiger partial charge is 0.0685 e. The Morgan fingerprint density at radius 3 is 2.38 bits per heavy atom. The minimum absolute atomic E-state index is 0.604. The van der Waals surface area contributed by atoms with Gasteiger partial charge >= 0.3 is 0 Å². The molecule has 1 rings (SSSR count). The first-order valence-electron chi connectivity index (χ1n) is 5.66. The normalized spacial score (nSPS) is 11.8. The second-order valence-electron chi connectivity index (χ2n) is 4.53. The summed E-state index contributed by atoms with van der Waals surface area (Å²) in [6.45, 7) is 7.69. The van der Waals surface area contributed by atoms with Crippen molar-refractivity contribution in [3.63, 3.8) is 0 Å². The molecule has 0 bridgehead atoms. The van der Waals surface area contributed by atoms with Crippen molar-refractivity contribution in [2.75, 3.05) is 12.3 Å². The molecule has 0 saturated carbocycles. The third kappa shape index (κ3) is 5.54. The highest BCUT2D eigenvalue weighted by Gasteiger charge is 2.12. The summed E-state index contributed by atoms with van der Waals surface area (Å²) in [5.74, 6) is 0.722. The number of hydrogen-bond donors (Lipinski definition) is 2. The molecule has 3 heteroatoms. The molecule has 90 valence electrons. The van der Waals surface area contributed by atoms with E-state index in [1.165, 1.54) is 10.5 Å². The first-order valence-corrected chi connectivity index (χ1v) is 6.64. The van der Waals surface area contributed by atoms with Crippen molar-refractivity contribution in [3.8, 4) is 0 Å². The van der Waals surface area contributed by atoms with E-state index in [4.69, 9.17) is 0 Å². The molecule has 0 aliphatic carbocycles. The number of benzene rings is 1. The molecular weight excluding hydrogens is 218 g/mol. The average molecular weight is 239 g/mol. The van der Waals surface area contributed by atoms with Crippen LogP contribution in [0.15, 0.2) is 29.2 Å². The van der Waals surface area contributed by atoms with Gasteiger partial charge in [-0.1, -0.05) is 19.1 Å². The Hall–Kier alpha value is -0.510. The summed E-state index contributed by atoms with van der Waals surface area (Å²) in [5.41, 5.74) is 0.696.